The van der Waals surface area contributed by atoms with Crippen molar-refractivity contribution in [3.8, 4) is 6.07 Å². The molecule has 1 amide bonds. The minimum Gasteiger partial charge on any atom is -0.371 e. The summed E-state index contributed by atoms with van der Waals surface area (Å²) >= 11 is 0. The number of amides is 1. The topological polar surface area (TPSA) is 100 Å². The zero-order valence-corrected chi connectivity index (χ0v) is 27.2. The molecular formula is C38H50N8O. The van der Waals surface area contributed by atoms with Crippen molar-refractivity contribution in [1.29, 1.82) is 5.26 Å². The highest BCUT2D eigenvalue weighted by molar-refractivity contribution is 5.90. The summed E-state index contributed by atoms with van der Waals surface area (Å²) in [6.07, 6.45) is 8.67. The number of rotatable bonds is 5. The van der Waals surface area contributed by atoms with Gasteiger partial charge in [0.15, 0.2) is 0 Å². The maximum absolute atomic E-state index is 13.9. The zero-order valence-electron chi connectivity index (χ0n) is 27.2. The van der Waals surface area contributed by atoms with Crippen LogP contribution in [0.1, 0.15) is 75.7 Å². The second-order valence-corrected chi connectivity index (χ2v) is 13.9. The Morgan fingerprint density at radius 3 is 1.96 bits per heavy atom. The molecule has 6 aliphatic heterocycles. The van der Waals surface area contributed by atoms with Gasteiger partial charge < -0.3 is 25.3 Å². The number of carbonyl (C=O) groups excluding carboxylic acids is 1. The van der Waals surface area contributed by atoms with Crippen LogP contribution in [0.2, 0.25) is 0 Å². The van der Waals surface area contributed by atoms with Crippen LogP contribution in [0.4, 0.5) is 17.3 Å². The van der Waals surface area contributed by atoms with Gasteiger partial charge in [0.25, 0.3) is 0 Å². The predicted molar refractivity (Wildman–Crippen MR) is 189 cm³/mol. The van der Waals surface area contributed by atoms with Gasteiger partial charge >= 0.3 is 0 Å². The van der Waals surface area contributed by atoms with Crippen LogP contribution in [0.15, 0.2) is 60.7 Å². The molecule has 3 aromatic rings. The van der Waals surface area contributed by atoms with E-state index >= 15 is 0 Å². The molecule has 0 spiro atoms. The second-order valence-electron chi connectivity index (χ2n) is 13.9. The lowest BCUT2D eigenvalue weighted by Crippen LogP contribution is -2.67. The third-order valence-corrected chi connectivity index (χ3v) is 10.7. The fourth-order valence-corrected chi connectivity index (χ4v) is 8.27. The van der Waals surface area contributed by atoms with Crippen molar-refractivity contribution in [1.82, 2.24) is 20.2 Å². The van der Waals surface area contributed by atoms with E-state index in [1.54, 1.807) is 0 Å². The van der Waals surface area contributed by atoms with Gasteiger partial charge in [-0.3, -0.25) is 4.79 Å². The van der Waals surface area contributed by atoms with E-state index in [1.165, 1.54) is 12.8 Å². The quantitative estimate of drug-likeness (QED) is 0.362. The number of piperazine rings is 2. The number of piperidine rings is 4. The van der Waals surface area contributed by atoms with Gasteiger partial charge in [0.05, 0.1) is 11.6 Å². The number of aromatic nitrogens is 2. The molecule has 9 nitrogen and oxygen atoms in total. The molecule has 2 aromatic heterocycles. The molecular weight excluding hydrogens is 584 g/mol. The fraction of sp³-hybridized carbons (Fsp3) is 0.526. The molecule has 6 saturated heterocycles. The Bertz CT molecular complexity index is 1570. The van der Waals surface area contributed by atoms with E-state index in [0.717, 1.165) is 93.4 Å². The van der Waals surface area contributed by atoms with Gasteiger partial charge in [-0.15, -0.1) is 0 Å². The Hall–Kier alpha value is -4.16. The van der Waals surface area contributed by atoms with Crippen molar-refractivity contribution >= 4 is 23.2 Å². The Balaban J connectivity index is 0.000000202. The highest BCUT2D eigenvalue weighted by Crippen LogP contribution is 2.39. The molecule has 1 aliphatic carbocycles. The van der Waals surface area contributed by atoms with E-state index in [2.05, 4.69) is 73.6 Å². The van der Waals surface area contributed by atoms with E-state index in [0.29, 0.717) is 23.7 Å². The van der Waals surface area contributed by atoms with Crippen LogP contribution in [0.25, 0.3) is 0 Å². The summed E-state index contributed by atoms with van der Waals surface area (Å²) in [7, 11) is 0. The highest BCUT2D eigenvalue weighted by Gasteiger charge is 2.49. The number of aryl methyl sites for hydroxylation is 2. The standard InChI is InChI=1S/C25H29N5O.C12H17N3.CH4/c1-18-5-4-6-23(27-18)29-16-22-12-11-21(29)17-30(22)24(31)25(13-2-3-14-25)28-20-9-7-19(15-26)8-10-20;1-9-3-2-4-12(14-9)15-8-10-5-6-11(15)7-13-10;/h4-10,21-22,28H,2-3,11-14,16-17H2,1H3;2-4,10-11,13H,5-8H2,1H3;1H4. The molecule has 0 radical (unpaired) electrons. The molecule has 2 N–H and O–H groups in total. The molecule has 7 aliphatic rings. The minimum atomic E-state index is -0.530. The molecule has 1 saturated carbocycles. The van der Waals surface area contributed by atoms with Crippen molar-refractivity contribution in [2.45, 2.75) is 102 Å². The summed E-state index contributed by atoms with van der Waals surface area (Å²) in [6, 6.07) is 24.0. The third-order valence-electron chi connectivity index (χ3n) is 10.7. The zero-order chi connectivity index (χ0) is 31.7. The van der Waals surface area contributed by atoms with Gasteiger partial charge in [-0.05, 0) is 101 Å². The van der Waals surface area contributed by atoms with Gasteiger partial charge in [-0.2, -0.15) is 5.26 Å². The molecule has 10 rings (SSSR count). The van der Waals surface area contributed by atoms with Crippen LogP contribution >= 0.6 is 0 Å². The Kier molecular flexibility index (Phi) is 9.70. The minimum absolute atomic E-state index is 0. The van der Waals surface area contributed by atoms with E-state index in [1.807, 2.05) is 37.3 Å². The number of hydrogen-bond donors (Lipinski definition) is 2. The highest BCUT2D eigenvalue weighted by atomic mass is 16.2. The van der Waals surface area contributed by atoms with Crippen molar-refractivity contribution in [3.63, 3.8) is 0 Å². The van der Waals surface area contributed by atoms with Crippen LogP contribution < -0.4 is 20.4 Å². The van der Waals surface area contributed by atoms with Gasteiger partial charge in [0, 0.05) is 67.4 Å². The molecule has 4 bridgehead atoms. The summed E-state index contributed by atoms with van der Waals surface area (Å²) in [4.78, 5) is 30.3. The summed E-state index contributed by atoms with van der Waals surface area (Å²) in [5, 5.41) is 16.2. The normalized spacial score (nSPS) is 25.3. The smallest absolute Gasteiger partial charge is 0.248 e. The molecule has 47 heavy (non-hydrogen) atoms. The lowest BCUT2D eigenvalue weighted by atomic mass is 9.86. The van der Waals surface area contributed by atoms with Crippen molar-refractivity contribution < 1.29 is 4.79 Å². The Morgan fingerprint density at radius 2 is 1.45 bits per heavy atom. The number of anilines is 3. The monoisotopic (exact) mass is 634 g/mol. The van der Waals surface area contributed by atoms with Gasteiger partial charge in [-0.1, -0.05) is 32.4 Å². The van der Waals surface area contributed by atoms with Crippen LogP contribution in [0.5, 0.6) is 0 Å². The number of hydrogen-bond acceptors (Lipinski definition) is 8. The van der Waals surface area contributed by atoms with Gasteiger partial charge in [0.1, 0.15) is 17.2 Å². The Labute approximate surface area is 280 Å². The average Bonchev–Trinajstić information content (AvgIpc) is 3.59. The van der Waals surface area contributed by atoms with Crippen LogP contribution in [0.3, 0.4) is 0 Å². The SMILES string of the molecule is C.Cc1cccc(N2CC3CCC2CN3)n1.Cc1cccc(N2CC3CCC2CN3C(=O)C2(Nc3ccc(C#N)cc3)CCCC2)n1. The van der Waals surface area contributed by atoms with Gasteiger partial charge in [-0.25, -0.2) is 9.97 Å². The first-order valence-corrected chi connectivity index (χ1v) is 17.1. The summed E-state index contributed by atoms with van der Waals surface area (Å²) < 4.78 is 0. The third kappa shape index (κ3) is 6.80. The number of benzene rings is 1. The Morgan fingerprint density at radius 1 is 0.830 bits per heavy atom. The maximum Gasteiger partial charge on any atom is 0.248 e. The summed E-state index contributed by atoms with van der Waals surface area (Å²) in [5.41, 5.74) is 3.17. The first kappa shape index (κ1) is 32.8. The number of nitrogens with zero attached hydrogens (tertiary/aromatic N) is 6. The number of nitriles is 1. The number of pyridine rings is 2. The summed E-state index contributed by atoms with van der Waals surface area (Å²) in [6.45, 7) is 7.97. The van der Waals surface area contributed by atoms with Gasteiger partial charge in [0.2, 0.25) is 5.91 Å². The lowest BCUT2D eigenvalue weighted by molar-refractivity contribution is -0.141. The average molecular weight is 635 g/mol. The molecule has 7 fully saturated rings. The molecule has 8 heterocycles. The number of fused-ring (bicyclic) bond motifs is 6. The van der Waals surface area contributed by atoms with E-state index < -0.39 is 5.54 Å². The molecule has 4 atom stereocenters. The molecule has 248 valence electrons. The lowest BCUT2D eigenvalue weighted by Gasteiger charge is -2.53. The van der Waals surface area contributed by atoms with Crippen LogP contribution in [-0.4, -0.2) is 76.7 Å². The maximum atomic E-state index is 13.9. The molecule has 9 heteroatoms. The van der Waals surface area contributed by atoms with E-state index in [9.17, 15) is 4.79 Å². The number of nitrogens with one attached hydrogen (secondary N) is 2. The summed E-state index contributed by atoms with van der Waals surface area (Å²) in [5.74, 6) is 2.44. The van der Waals surface area contributed by atoms with E-state index in [4.69, 9.17) is 10.2 Å². The van der Waals surface area contributed by atoms with Crippen LogP contribution in [0, 0.1) is 25.2 Å². The number of carbonyl (C=O) groups is 1. The first-order chi connectivity index (χ1) is 22.4. The fourth-order valence-electron chi connectivity index (χ4n) is 8.27. The molecule has 4 unspecified atom stereocenters. The predicted octanol–water partition coefficient (Wildman–Crippen LogP) is 5.83. The molecule has 1 aromatic carbocycles. The van der Waals surface area contributed by atoms with Crippen molar-refractivity contribution in [3.05, 3.63) is 77.6 Å². The van der Waals surface area contributed by atoms with Crippen molar-refractivity contribution in [2.75, 3.05) is 41.3 Å². The second kappa shape index (κ2) is 13.9. The van der Waals surface area contributed by atoms with Crippen LogP contribution in [-0.2, 0) is 4.79 Å². The first-order valence-electron chi connectivity index (χ1n) is 17.1. The van der Waals surface area contributed by atoms with E-state index in [-0.39, 0.29) is 19.4 Å². The van der Waals surface area contributed by atoms with Crippen molar-refractivity contribution in [2.24, 2.45) is 0 Å². The largest absolute Gasteiger partial charge is 0.371 e.